The van der Waals surface area contributed by atoms with Crippen LogP contribution in [0.3, 0.4) is 0 Å². The Kier molecular flexibility index (Phi) is 5.89. The lowest BCUT2D eigenvalue weighted by Crippen LogP contribution is -2.53. The van der Waals surface area contributed by atoms with Crippen molar-refractivity contribution < 1.29 is 18.4 Å². The highest BCUT2D eigenvalue weighted by atomic mass is 32.2. The molecular weight excluding hydrogens is 442 g/mol. The lowest BCUT2D eigenvalue weighted by molar-refractivity contribution is -0.142. The fourth-order valence-corrected chi connectivity index (χ4v) is 6.55. The minimum absolute atomic E-state index is 0.0177. The Bertz CT molecular complexity index is 1040. The third kappa shape index (κ3) is 3.92. The summed E-state index contributed by atoms with van der Waals surface area (Å²) in [7, 11) is 0. The number of fused-ring (bicyclic) bond motifs is 3. The largest absolute Gasteiger partial charge is 0.330 e. The molecule has 1 aliphatic carbocycles. The van der Waals surface area contributed by atoms with Crippen molar-refractivity contribution in [3.63, 3.8) is 0 Å². The second-order valence-electron chi connectivity index (χ2n) is 9.64. The smallest absolute Gasteiger partial charge is 0.259 e. The zero-order valence-corrected chi connectivity index (χ0v) is 19.5. The molecule has 4 aliphatic rings. The molecule has 0 spiro atoms. The van der Waals surface area contributed by atoms with Crippen LogP contribution in [0.15, 0.2) is 18.2 Å². The predicted octanol–water partition coefficient (Wildman–Crippen LogP) is 1.66. The highest BCUT2D eigenvalue weighted by molar-refractivity contribution is 7.80. The second-order valence-corrected chi connectivity index (χ2v) is 10.3. The fraction of sp³-hybridized carbons (Fsp3) is 0.609. The molecule has 5 rings (SSSR count). The SMILES string of the molecule is C[C@@H](CN1C[C@@H]2C[C@H]1C(=O)N2[C@H]1CCc2cc(NS(=O)O)ccc21)C(=O)N1CCC[C@H]1C#N. The van der Waals surface area contributed by atoms with Crippen molar-refractivity contribution in [1.29, 1.82) is 5.26 Å². The number of nitrogens with one attached hydrogen (secondary N) is 1. The lowest BCUT2D eigenvalue weighted by atomic mass is 10.0. The van der Waals surface area contributed by atoms with E-state index in [1.54, 1.807) is 11.0 Å². The van der Waals surface area contributed by atoms with Gasteiger partial charge in [-0.15, -0.1) is 0 Å². The summed E-state index contributed by atoms with van der Waals surface area (Å²) >= 11 is -2.11. The minimum Gasteiger partial charge on any atom is -0.330 e. The quantitative estimate of drug-likeness (QED) is 0.610. The first-order valence-corrected chi connectivity index (χ1v) is 12.7. The average molecular weight is 472 g/mol. The lowest BCUT2D eigenvalue weighted by Gasteiger charge is -2.38. The van der Waals surface area contributed by atoms with E-state index in [1.807, 2.05) is 24.0 Å². The van der Waals surface area contributed by atoms with E-state index in [2.05, 4.69) is 15.7 Å². The van der Waals surface area contributed by atoms with Gasteiger partial charge in [0.25, 0.3) is 11.3 Å². The summed E-state index contributed by atoms with van der Waals surface area (Å²) in [6, 6.07) is 7.56. The van der Waals surface area contributed by atoms with Gasteiger partial charge >= 0.3 is 0 Å². The third-order valence-corrected chi connectivity index (χ3v) is 8.07. The first-order valence-electron chi connectivity index (χ1n) is 11.6. The van der Waals surface area contributed by atoms with Crippen LogP contribution < -0.4 is 4.72 Å². The number of rotatable bonds is 6. The Morgan fingerprint density at radius 3 is 2.91 bits per heavy atom. The van der Waals surface area contributed by atoms with Crippen LogP contribution >= 0.6 is 0 Å². The van der Waals surface area contributed by atoms with E-state index < -0.39 is 11.3 Å². The molecule has 1 aromatic carbocycles. The van der Waals surface area contributed by atoms with Crippen LogP contribution in [0.1, 0.15) is 49.8 Å². The molecule has 3 saturated heterocycles. The standard InChI is InChI=1S/C23H29N5O4S/c1-14(22(29)27-8-2-3-17(27)11-24)12-26-13-18-10-21(26)23(30)28(18)20-7-4-15-9-16(25-33(31)32)5-6-19(15)20/h5-6,9,14,17-18,20-21,25H,2-4,7-8,10,12-13H2,1H3,(H,31,32)/t14-,17-,18-,20-,21-/m0/s1. The highest BCUT2D eigenvalue weighted by Gasteiger charge is 2.53. The van der Waals surface area contributed by atoms with Gasteiger partial charge in [0.1, 0.15) is 6.04 Å². The van der Waals surface area contributed by atoms with Gasteiger partial charge in [-0.05, 0) is 55.4 Å². The number of nitrogens with zero attached hydrogens (tertiary/aromatic N) is 4. The summed E-state index contributed by atoms with van der Waals surface area (Å²) < 4.78 is 22.6. The van der Waals surface area contributed by atoms with E-state index in [0.717, 1.165) is 49.8 Å². The molecule has 3 aliphatic heterocycles. The van der Waals surface area contributed by atoms with Gasteiger partial charge in [0, 0.05) is 37.3 Å². The molecule has 0 aromatic heterocycles. The molecule has 0 radical (unpaired) electrons. The predicted molar refractivity (Wildman–Crippen MR) is 122 cm³/mol. The van der Waals surface area contributed by atoms with Crippen molar-refractivity contribution in [2.75, 3.05) is 24.4 Å². The maximum absolute atomic E-state index is 13.4. The van der Waals surface area contributed by atoms with Crippen LogP contribution in [0.4, 0.5) is 5.69 Å². The van der Waals surface area contributed by atoms with E-state index >= 15 is 0 Å². The molecule has 3 fully saturated rings. The Morgan fingerprint density at radius 2 is 2.18 bits per heavy atom. The third-order valence-electron chi connectivity index (χ3n) is 7.66. The van der Waals surface area contributed by atoms with Gasteiger partial charge < -0.3 is 9.80 Å². The number of carbonyl (C=O) groups is 2. The van der Waals surface area contributed by atoms with Gasteiger partial charge in [0.2, 0.25) is 11.8 Å². The molecule has 1 unspecified atom stereocenters. The Morgan fingerprint density at radius 1 is 1.36 bits per heavy atom. The van der Waals surface area contributed by atoms with Crippen LogP contribution in [-0.4, -0.2) is 73.0 Å². The summed E-state index contributed by atoms with van der Waals surface area (Å²) in [6.07, 6.45) is 4.10. The number of benzene rings is 1. The monoisotopic (exact) mass is 471 g/mol. The topological polar surface area (TPSA) is 117 Å². The second kappa shape index (κ2) is 8.70. The number of hydrogen-bond acceptors (Lipinski definition) is 5. The molecule has 2 amide bonds. The van der Waals surface area contributed by atoms with Crippen molar-refractivity contribution in [1.82, 2.24) is 14.7 Å². The Balaban J connectivity index is 1.24. The number of aryl methyl sites for hydroxylation is 1. The summed E-state index contributed by atoms with van der Waals surface area (Å²) in [6.45, 7) is 3.86. The van der Waals surface area contributed by atoms with Gasteiger partial charge in [-0.25, -0.2) is 4.21 Å². The van der Waals surface area contributed by atoms with Crippen LogP contribution in [0.25, 0.3) is 0 Å². The minimum atomic E-state index is -2.11. The number of anilines is 1. The molecule has 10 heteroatoms. The van der Waals surface area contributed by atoms with Gasteiger partial charge in [-0.1, -0.05) is 13.0 Å². The first kappa shape index (κ1) is 22.3. The molecule has 2 N–H and O–H groups in total. The maximum atomic E-state index is 13.4. The molecule has 6 atom stereocenters. The molecule has 1 aromatic rings. The van der Waals surface area contributed by atoms with Crippen LogP contribution in [-0.2, 0) is 27.3 Å². The van der Waals surface area contributed by atoms with Crippen molar-refractivity contribution in [2.45, 2.75) is 63.2 Å². The zero-order valence-electron chi connectivity index (χ0n) is 18.6. The molecule has 3 heterocycles. The Labute approximate surface area is 196 Å². The highest BCUT2D eigenvalue weighted by Crippen LogP contribution is 2.44. The van der Waals surface area contributed by atoms with E-state index in [9.17, 15) is 19.1 Å². The zero-order chi connectivity index (χ0) is 23.3. The maximum Gasteiger partial charge on any atom is 0.259 e. The molecular formula is C23H29N5O4S. The van der Waals surface area contributed by atoms with Crippen molar-refractivity contribution in [2.24, 2.45) is 5.92 Å². The number of piperazine rings is 1. The molecule has 9 nitrogen and oxygen atoms in total. The van der Waals surface area contributed by atoms with E-state index in [0.29, 0.717) is 18.8 Å². The summed E-state index contributed by atoms with van der Waals surface area (Å²) in [5.74, 6) is -0.0858. The van der Waals surface area contributed by atoms with Crippen LogP contribution in [0, 0.1) is 17.2 Å². The van der Waals surface area contributed by atoms with Crippen molar-refractivity contribution in [3.05, 3.63) is 29.3 Å². The van der Waals surface area contributed by atoms with E-state index in [4.69, 9.17) is 4.55 Å². The van der Waals surface area contributed by atoms with Crippen LogP contribution in [0.2, 0.25) is 0 Å². The number of carbonyl (C=O) groups excluding carboxylic acids is 2. The van der Waals surface area contributed by atoms with Gasteiger partial charge in [0.15, 0.2) is 0 Å². The number of likely N-dealkylation sites (tertiary alicyclic amines) is 3. The van der Waals surface area contributed by atoms with Crippen LogP contribution in [0.5, 0.6) is 0 Å². The summed E-state index contributed by atoms with van der Waals surface area (Å²) in [4.78, 5) is 32.2. The normalized spacial score (nSPS) is 30.4. The molecule has 176 valence electrons. The summed E-state index contributed by atoms with van der Waals surface area (Å²) in [5, 5.41) is 9.30. The number of amides is 2. The van der Waals surface area contributed by atoms with Gasteiger partial charge in [-0.3, -0.25) is 23.8 Å². The fourth-order valence-electron chi connectivity index (χ4n) is 6.23. The summed E-state index contributed by atoms with van der Waals surface area (Å²) in [5.41, 5.74) is 2.84. The molecule has 0 saturated carbocycles. The van der Waals surface area contributed by atoms with Gasteiger partial charge in [-0.2, -0.15) is 5.26 Å². The van der Waals surface area contributed by atoms with Crippen molar-refractivity contribution in [3.8, 4) is 6.07 Å². The van der Waals surface area contributed by atoms with E-state index in [1.165, 1.54) is 0 Å². The molecule has 33 heavy (non-hydrogen) atoms. The van der Waals surface area contributed by atoms with Crippen molar-refractivity contribution >= 4 is 28.8 Å². The van der Waals surface area contributed by atoms with E-state index in [-0.39, 0.29) is 41.9 Å². The first-order chi connectivity index (χ1) is 15.9. The number of hydrogen-bond donors (Lipinski definition) is 2. The molecule has 2 bridgehead atoms. The number of nitriles is 1. The van der Waals surface area contributed by atoms with Gasteiger partial charge in [0.05, 0.1) is 18.2 Å². The Hall–Kier alpha value is -2.48. The average Bonchev–Trinajstić information content (AvgIpc) is 3.55.